The Kier molecular flexibility index (Phi) is 6.57. The lowest BCUT2D eigenvalue weighted by atomic mass is 10.2. The van der Waals surface area contributed by atoms with Gasteiger partial charge in [0, 0.05) is 36.4 Å². The molecule has 9 heteroatoms. The summed E-state index contributed by atoms with van der Waals surface area (Å²) in [5, 5.41) is 6.52. The zero-order valence-corrected chi connectivity index (χ0v) is 16.0. The highest BCUT2D eigenvalue weighted by atomic mass is 35.5. The van der Waals surface area contributed by atoms with Crippen LogP contribution >= 0.6 is 11.6 Å². The number of hydrogen-bond acceptors (Lipinski definition) is 6. The maximum Gasteiger partial charge on any atom is 0.240 e. The number of aromatic nitrogens is 2. The minimum Gasteiger partial charge on any atom is -0.370 e. The van der Waals surface area contributed by atoms with Gasteiger partial charge in [-0.25, -0.2) is 18.1 Å². The van der Waals surface area contributed by atoms with E-state index in [9.17, 15) is 8.42 Å². The fraction of sp³-hybridized carbons (Fsp3) is 0.375. The van der Waals surface area contributed by atoms with Crippen molar-refractivity contribution in [1.29, 1.82) is 0 Å². The average Bonchev–Trinajstić information content (AvgIpc) is 2.54. The van der Waals surface area contributed by atoms with Gasteiger partial charge in [-0.2, -0.15) is 4.98 Å². The van der Waals surface area contributed by atoms with Crippen molar-refractivity contribution in [3.63, 3.8) is 0 Å². The van der Waals surface area contributed by atoms with E-state index in [2.05, 4.69) is 25.3 Å². The van der Waals surface area contributed by atoms with Crippen molar-refractivity contribution in [2.45, 2.75) is 25.7 Å². The van der Waals surface area contributed by atoms with E-state index >= 15 is 0 Å². The smallest absolute Gasteiger partial charge is 0.240 e. The molecule has 0 aliphatic rings. The van der Waals surface area contributed by atoms with Gasteiger partial charge in [-0.05, 0) is 38.5 Å². The first-order valence-corrected chi connectivity index (χ1v) is 9.77. The summed E-state index contributed by atoms with van der Waals surface area (Å²) in [7, 11) is -3.62. The fourth-order valence-electron chi connectivity index (χ4n) is 2.22. The van der Waals surface area contributed by atoms with Gasteiger partial charge in [0.15, 0.2) is 0 Å². The van der Waals surface area contributed by atoms with E-state index in [-0.39, 0.29) is 11.4 Å². The Labute approximate surface area is 153 Å². The molecule has 0 saturated heterocycles. The minimum absolute atomic E-state index is 0.182. The molecule has 3 N–H and O–H groups in total. The zero-order chi connectivity index (χ0) is 18.4. The topological polar surface area (TPSA) is 96.0 Å². The maximum absolute atomic E-state index is 12.4. The van der Waals surface area contributed by atoms with Crippen LogP contribution in [-0.2, 0) is 10.0 Å². The van der Waals surface area contributed by atoms with Gasteiger partial charge < -0.3 is 10.6 Å². The van der Waals surface area contributed by atoms with Crippen LogP contribution < -0.4 is 15.4 Å². The molecule has 0 amide bonds. The quantitative estimate of drug-likeness (QED) is 0.606. The molecule has 0 fully saturated rings. The molecule has 0 atom stereocenters. The summed E-state index contributed by atoms with van der Waals surface area (Å²) in [5.74, 6) is 1.18. The third-order valence-electron chi connectivity index (χ3n) is 3.35. The summed E-state index contributed by atoms with van der Waals surface area (Å²) in [6.07, 6.45) is 0. The average molecular weight is 384 g/mol. The Bertz CT molecular complexity index is 842. The number of sulfonamides is 1. The highest BCUT2D eigenvalue weighted by molar-refractivity contribution is 7.89. The maximum atomic E-state index is 12.4. The molecule has 2 aromatic rings. The molecule has 25 heavy (non-hydrogen) atoms. The van der Waals surface area contributed by atoms with Crippen LogP contribution in [0.1, 0.15) is 18.2 Å². The Morgan fingerprint density at radius 3 is 2.56 bits per heavy atom. The number of nitrogens with zero attached hydrogens (tertiary/aromatic N) is 2. The minimum atomic E-state index is -3.62. The number of aryl methyl sites for hydroxylation is 2. The molecule has 0 bridgehead atoms. The van der Waals surface area contributed by atoms with Crippen molar-refractivity contribution in [2.75, 3.05) is 30.3 Å². The molecule has 0 radical (unpaired) electrons. The van der Waals surface area contributed by atoms with E-state index in [0.717, 1.165) is 18.1 Å². The number of rotatable bonds is 8. The van der Waals surface area contributed by atoms with Crippen LogP contribution in [0.4, 0.5) is 11.8 Å². The Hall–Kier alpha value is -1.90. The lowest BCUT2D eigenvalue weighted by Gasteiger charge is -2.11. The summed E-state index contributed by atoms with van der Waals surface area (Å²) in [6, 6.07) is 6.63. The van der Waals surface area contributed by atoms with Crippen molar-refractivity contribution in [1.82, 2.24) is 14.7 Å². The molecule has 0 unspecified atom stereocenters. The van der Waals surface area contributed by atoms with Crippen LogP contribution in [0, 0.1) is 13.8 Å². The number of anilines is 2. The molecule has 1 heterocycles. The molecule has 0 aliphatic carbocycles. The van der Waals surface area contributed by atoms with Gasteiger partial charge in [-0.15, -0.1) is 0 Å². The second-order valence-electron chi connectivity index (χ2n) is 5.48. The number of nitrogens with one attached hydrogen (secondary N) is 3. The third kappa shape index (κ3) is 5.55. The molecule has 0 saturated carbocycles. The van der Waals surface area contributed by atoms with Gasteiger partial charge in [0.1, 0.15) is 5.82 Å². The SMILES string of the molecule is CCNc1cc(C)nc(NCCNS(=O)(=O)c2cc(Cl)ccc2C)n1. The highest BCUT2D eigenvalue weighted by Gasteiger charge is 2.16. The highest BCUT2D eigenvalue weighted by Crippen LogP contribution is 2.19. The number of benzene rings is 1. The first-order valence-electron chi connectivity index (χ1n) is 7.91. The summed E-state index contributed by atoms with van der Waals surface area (Å²) in [6.45, 7) is 6.89. The Morgan fingerprint density at radius 2 is 1.84 bits per heavy atom. The van der Waals surface area contributed by atoms with E-state index in [1.165, 1.54) is 6.07 Å². The van der Waals surface area contributed by atoms with E-state index in [4.69, 9.17) is 11.6 Å². The summed E-state index contributed by atoms with van der Waals surface area (Å²) < 4.78 is 27.3. The van der Waals surface area contributed by atoms with Crippen LogP contribution in [0.15, 0.2) is 29.2 Å². The van der Waals surface area contributed by atoms with E-state index < -0.39 is 10.0 Å². The standard InChI is InChI=1S/C16H22ClN5O2S/c1-4-18-15-9-12(3)21-16(22-15)19-7-8-20-25(23,24)14-10-13(17)6-5-11(14)2/h5-6,9-10,20H,4,7-8H2,1-3H3,(H2,18,19,21,22). The van der Waals surface area contributed by atoms with Crippen LogP contribution in [0.2, 0.25) is 5.02 Å². The second-order valence-corrected chi connectivity index (χ2v) is 7.65. The van der Waals surface area contributed by atoms with Crippen molar-refractivity contribution in [3.05, 3.63) is 40.5 Å². The van der Waals surface area contributed by atoms with Gasteiger partial charge in [-0.1, -0.05) is 17.7 Å². The van der Waals surface area contributed by atoms with Gasteiger partial charge in [0.05, 0.1) is 4.90 Å². The Morgan fingerprint density at radius 1 is 1.08 bits per heavy atom. The van der Waals surface area contributed by atoms with Gasteiger partial charge in [-0.3, -0.25) is 0 Å². The largest absolute Gasteiger partial charge is 0.370 e. The van der Waals surface area contributed by atoms with Crippen molar-refractivity contribution < 1.29 is 8.42 Å². The normalized spacial score (nSPS) is 11.4. The Balaban J connectivity index is 1.95. The van der Waals surface area contributed by atoms with Crippen molar-refractivity contribution in [2.24, 2.45) is 0 Å². The lowest BCUT2D eigenvalue weighted by Crippen LogP contribution is -2.29. The van der Waals surface area contributed by atoms with Gasteiger partial charge >= 0.3 is 0 Å². The predicted molar refractivity (Wildman–Crippen MR) is 101 cm³/mol. The predicted octanol–water partition coefficient (Wildman–Crippen LogP) is 2.57. The van der Waals surface area contributed by atoms with Crippen LogP contribution in [0.5, 0.6) is 0 Å². The molecular formula is C16H22ClN5O2S. The van der Waals surface area contributed by atoms with Gasteiger partial charge in [0.25, 0.3) is 0 Å². The molecule has 7 nitrogen and oxygen atoms in total. The second kappa shape index (κ2) is 8.46. The molecule has 0 aliphatic heterocycles. The van der Waals surface area contributed by atoms with Crippen molar-refractivity contribution in [3.8, 4) is 0 Å². The number of halogens is 1. The lowest BCUT2D eigenvalue weighted by molar-refractivity contribution is 0.582. The van der Waals surface area contributed by atoms with Crippen LogP contribution in [-0.4, -0.2) is 38.0 Å². The summed E-state index contributed by atoms with van der Waals surface area (Å²) in [5.41, 5.74) is 1.46. The van der Waals surface area contributed by atoms with E-state index in [1.807, 2.05) is 19.9 Å². The van der Waals surface area contributed by atoms with Crippen LogP contribution in [0.25, 0.3) is 0 Å². The zero-order valence-electron chi connectivity index (χ0n) is 14.4. The number of hydrogen-bond donors (Lipinski definition) is 3. The van der Waals surface area contributed by atoms with Crippen LogP contribution in [0.3, 0.4) is 0 Å². The van der Waals surface area contributed by atoms with E-state index in [1.54, 1.807) is 19.1 Å². The first-order chi connectivity index (χ1) is 11.8. The first kappa shape index (κ1) is 19.4. The molecule has 1 aromatic carbocycles. The monoisotopic (exact) mass is 383 g/mol. The molecule has 0 spiro atoms. The molecule has 136 valence electrons. The summed E-state index contributed by atoms with van der Waals surface area (Å²) in [4.78, 5) is 8.77. The summed E-state index contributed by atoms with van der Waals surface area (Å²) >= 11 is 5.89. The van der Waals surface area contributed by atoms with Crippen molar-refractivity contribution >= 4 is 33.4 Å². The molecule has 1 aromatic heterocycles. The third-order valence-corrected chi connectivity index (χ3v) is 5.19. The molecule has 2 rings (SSSR count). The van der Waals surface area contributed by atoms with E-state index in [0.29, 0.717) is 23.1 Å². The fourth-order valence-corrected chi connectivity index (χ4v) is 3.76. The molecular weight excluding hydrogens is 362 g/mol. The van der Waals surface area contributed by atoms with Gasteiger partial charge in [0.2, 0.25) is 16.0 Å².